The first-order valence-electron chi connectivity index (χ1n) is 10.6. The van der Waals surface area contributed by atoms with E-state index in [0.29, 0.717) is 21.5 Å². The first-order chi connectivity index (χ1) is 17.0. The maximum atomic E-state index is 13.6. The number of aromatic nitrogens is 3. The van der Waals surface area contributed by atoms with Crippen molar-refractivity contribution in [3.63, 3.8) is 0 Å². The van der Waals surface area contributed by atoms with Crippen molar-refractivity contribution in [3.8, 4) is 10.4 Å². The Kier molecular flexibility index (Phi) is 6.82. The molecule has 4 aromatic rings. The molecule has 14 heteroatoms. The van der Waals surface area contributed by atoms with E-state index in [1.54, 1.807) is 19.9 Å². The highest BCUT2D eigenvalue weighted by Gasteiger charge is 2.30. The summed E-state index contributed by atoms with van der Waals surface area (Å²) in [6.45, 7) is 5.15. The molecule has 0 saturated heterocycles. The van der Waals surface area contributed by atoms with Crippen LogP contribution in [0.1, 0.15) is 51.7 Å². The third-order valence-electron chi connectivity index (χ3n) is 5.46. The van der Waals surface area contributed by atoms with Crippen molar-refractivity contribution in [2.45, 2.75) is 39.7 Å². The zero-order chi connectivity index (χ0) is 26.3. The second kappa shape index (κ2) is 9.70. The lowest BCUT2D eigenvalue weighted by atomic mass is 10.1. The number of carbonyl (C=O) groups is 2. The number of rotatable bonds is 8. The Balaban J connectivity index is 1.88. The highest BCUT2D eigenvalue weighted by atomic mass is 32.1. The molecule has 10 nitrogen and oxygen atoms in total. The molecule has 0 aliphatic carbocycles. The van der Waals surface area contributed by atoms with Gasteiger partial charge in [0.05, 0.1) is 22.5 Å². The van der Waals surface area contributed by atoms with Gasteiger partial charge in [0.2, 0.25) is 0 Å². The van der Waals surface area contributed by atoms with E-state index in [2.05, 4.69) is 15.4 Å². The molecule has 4 aromatic heterocycles. The molecular weight excluding hydrogens is 514 g/mol. The molecule has 3 N–H and O–H groups in total. The van der Waals surface area contributed by atoms with Crippen LogP contribution in [0.15, 0.2) is 24.3 Å². The molecule has 36 heavy (non-hydrogen) atoms. The highest BCUT2D eigenvalue weighted by molar-refractivity contribution is 7.21. The summed E-state index contributed by atoms with van der Waals surface area (Å²) in [5.41, 5.74) is 5.94. The fourth-order valence-corrected chi connectivity index (χ4v) is 5.75. The van der Waals surface area contributed by atoms with Crippen LogP contribution < -0.4 is 11.1 Å². The molecule has 188 valence electrons. The van der Waals surface area contributed by atoms with Gasteiger partial charge in [-0.15, -0.1) is 22.7 Å². The van der Waals surface area contributed by atoms with E-state index in [9.17, 15) is 28.5 Å². The maximum Gasteiger partial charge on any atom is 0.390 e. The minimum absolute atomic E-state index is 0.0511. The number of nitro groups is 1. The molecule has 4 rings (SSSR count). The first-order valence-corrected chi connectivity index (χ1v) is 12.3. The number of thiophene rings is 2. The van der Waals surface area contributed by atoms with E-state index in [-0.39, 0.29) is 21.8 Å². The molecule has 0 bridgehead atoms. The number of nitrogens with two attached hydrogens (primary N) is 1. The Morgan fingerprint density at radius 1 is 1.25 bits per heavy atom. The quantitative estimate of drug-likeness (QED) is 0.229. The summed E-state index contributed by atoms with van der Waals surface area (Å²) in [5.74, 6) is -1.87. The number of nitrogens with one attached hydrogen (secondary N) is 1. The average molecular weight is 535 g/mol. The summed E-state index contributed by atoms with van der Waals surface area (Å²) in [5, 5.41) is 18.1. The van der Waals surface area contributed by atoms with Gasteiger partial charge in [-0.3, -0.25) is 9.59 Å². The molecule has 0 aliphatic heterocycles. The molecule has 0 aromatic carbocycles. The van der Waals surface area contributed by atoms with E-state index in [1.165, 1.54) is 28.2 Å². The van der Waals surface area contributed by atoms with Gasteiger partial charge in [0, 0.05) is 20.7 Å². The molecule has 0 aliphatic rings. The highest BCUT2D eigenvalue weighted by Crippen LogP contribution is 2.44. The van der Waals surface area contributed by atoms with Gasteiger partial charge in [0.15, 0.2) is 6.04 Å². The summed E-state index contributed by atoms with van der Waals surface area (Å²) >= 11 is 2.17. The second-order valence-corrected chi connectivity index (χ2v) is 10.2. The standard InChI is InChI=1S/C22H20F2N6O4S2/c1-4-13(29-9(2)7-15(28-29)30(33)34)21(32)27-17-16-11(14-6-5-10(3)35-14)8-12(19(23)24)26-22(16)36-18(17)20(25)31/h5-8,13,19H,4H2,1-3H3,(H2,25,31)(H,27,32). The van der Waals surface area contributed by atoms with Crippen LogP contribution in [0.4, 0.5) is 20.3 Å². The lowest BCUT2D eigenvalue weighted by Gasteiger charge is -2.15. The maximum absolute atomic E-state index is 13.6. The average Bonchev–Trinajstić information content (AvgIpc) is 3.51. The molecule has 1 unspecified atom stereocenters. The Hall–Kier alpha value is -3.78. The number of halogens is 2. The Morgan fingerprint density at radius 2 is 1.97 bits per heavy atom. The minimum Gasteiger partial charge on any atom is -0.365 e. The fraction of sp³-hybridized carbons (Fsp3) is 0.273. The van der Waals surface area contributed by atoms with E-state index >= 15 is 0 Å². The summed E-state index contributed by atoms with van der Waals surface area (Å²) < 4.78 is 28.5. The summed E-state index contributed by atoms with van der Waals surface area (Å²) in [6.07, 6.45) is -2.63. The smallest absolute Gasteiger partial charge is 0.365 e. The van der Waals surface area contributed by atoms with Crippen molar-refractivity contribution < 1.29 is 23.3 Å². The number of pyridine rings is 1. The van der Waals surface area contributed by atoms with Crippen LogP contribution >= 0.6 is 22.7 Å². The Bertz CT molecular complexity index is 1510. The normalized spacial score (nSPS) is 12.3. The van der Waals surface area contributed by atoms with Gasteiger partial charge < -0.3 is 21.2 Å². The van der Waals surface area contributed by atoms with E-state index in [1.807, 2.05) is 13.0 Å². The van der Waals surface area contributed by atoms with E-state index in [4.69, 9.17) is 5.73 Å². The van der Waals surface area contributed by atoms with E-state index < -0.39 is 40.7 Å². The minimum atomic E-state index is -2.85. The van der Waals surface area contributed by atoms with Gasteiger partial charge in [-0.1, -0.05) is 6.92 Å². The van der Waals surface area contributed by atoms with Crippen LogP contribution in [-0.2, 0) is 4.79 Å². The largest absolute Gasteiger partial charge is 0.390 e. The molecule has 2 amide bonds. The predicted octanol–water partition coefficient (Wildman–Crippen LogP) is 5.37. The lowest BCUT2D eigenvalue weighted by molar-refractivity contribution is -0.389. The summed E-state index contributed by atoms with van der Waals surface area (Å²) in [4.78, 5) is 41.8. The molecule has 0 fully saturated rings. The van der Waals surface area contributed by atoms with Gasteiger partial charge in [-0.25, -0.2) is 13.8 Å². The van der Waals surface area contributed by atoms with Crippen molar-refractivity contribution in [2.75, 3.05) is 5.32 Å². The van der Waals surface area contributed by atoms with Crippen LogP contribution in [0.5, 0.6) is 0 Å². The number of primary amides is 1. The van der Waals surface area contributed by atoms with Crippen molar-refractivity contribution >= 4 is 56.2 Å². The summed E-state index contributed by atoms with van der Waals surface area (Å²) in [7, 11) is 0. The molecule has 0 saturated carbocycles. The van der Waals surface area contributed by atoms with Crippen LogP contribution in [0.25, 0.3) is 20.7 Å². The van der Waals surface area contributed by atoms with Crippen LogP contribution in [0.2, 0.25) is 0 Å². The number of alkyl halides is 2. The number of fused-ring (bicyclic) bond motifs is 1. The van der Waals surface area contributed by atoms with Crippen molar-refractivity contribution in [1.82, 2.24) is 14.8 Å². The van der Waals surface area contributed by atoms with Crippen molar-refractivity contribution in [1.29, 1.82) is 0 Å². The zero-order valence-electron chi connectivity index (χ0n) is 19.2. The topological polar surface area (TPSA) is 146 Å². The number of nitrogens with zero attached hydrogens (tertiary/aromatic N) is 4. The van der Waals surface area contributed by atoms with Gasteiger partial charge in [0.25, 0.3) is 18.2 Å². The van der Waals surface area contributed by atoms with Gasteiger partial charge in [-0.2, -0.15) is 4.68 Å². The monoisotopic (exact) mass is 534 g/mol. The van der Waals surface area contributed by atoms with Crippen LogP contribution in [-0.4, -0.2) is 31.5 Å². The first kappa shape index (κ1) is 25.3. The van der Waals surface area contributed by atoms with Crippen LogP contribution in [0.3, 0.4) is 0 Å². The number of hydrogen-bond donors (Lipinski definition) is 2. The molecular formula is C22H20F2N6O4S2. The fourth-order valence-electron chi connectivity index (χ4n) is 3.85. The number of aryl methyl sites for hydroxylation is 2. The van der Waals surface area contributed by atoms with Crippen molar-refractivity contribution in [3.05, 3.63) is 55.5 Å². The third kappa shape index (κ3) is 4.56. The van der Waals surface area contributed by atoms with Gasteiger partial charge >= 0.3 is 5.82 Å². The van der Waals surface area contributed by atoms with E-state index in [0.717, 1.165) is 16.2 Å². The second-order valence-electron chi connectivity index (χ2n) is 7.92. The summed E-state index contributed by atoms with van der Waals surface area (Å²) in [6, 6.07) is 5.13. The lowest BCUT2D eigenvalue weighted by Crippen LogP contribution is -2.28. The zero-order valence-corrected chi connectivity index (χ0v) is 20.9. The molecule has 4 heterocycles. The number of carbonyl (C=O) groups excluding carboxylic acids is 2. The van der Waals surface area contributed by atoms with Gasteiger partial charge in [-0.05, 0) is 43.4 Å². The van der Waals surface area contributed by atoms with Gasteiger partial charge in [0.1, 0.15) is 15.4 Å². The Morgan fingerprint density at radius 3 is 2.50 bits per heavy atom. The van der Waals surface area contributed by atoms with Crippen molar-refractivity contribution in [2.24, 2.45) is 5.73 Å². The number of anilines is 1. The predicted molar refractivity (Wildman–Crippen MR) is 133 cm³/mol. The molecule has 1 atom stereocenters. The SMILES string of the molecule is CCC(C(=O)Nc1c(C(N)=O)sc2nc(C(F)F)cc(-c3ccc(C)s3)c12)n1nc([N+](=O)[O-])cc1C. The molecule has 0 spiro atoms. The third-order valence-corrected chi connectivity index (χ3v) is 7.60. The number of amides is 2. The Labute approximate surface area is 210 Å². The van der Waals surface area contributed by atoms with Crippen LogP contribution in [0, 0.1) is 24.0 Å². The molecule has 0 radical (unpaired) electrons. The number of hydrogen-bond acceptors (Lipinski definition) is 8.